The monoisotopic (exact) mass is 216 g/mol. The van der Waals surface area contributed by atoms with Crippen LogP contribution >= 0.6 is 0 Å². The van der Waals surface area contributed by atoms with Gasteiger partial charge in [-0.05, 0) is 27.5 Å². The molecular weight excluding hydrogens is 205 g/mol. The molecule has 56 valence electrons. The van der Waals surface area contributed by atoms with Crippen molar-refractivity contribution >= 4 is 0 Å². The van der Waals surface area contributed by atoms with E-state index < -0.39 is 0 Å². The van der Waals surface area contributed by atoms with Crippen LogP contribution in [0.4, 0.5) is 0 Å². The zero-order valence-corrected chi connectivity index (χ0v) is 9.01. The summed E-state index contributed by atoms with van der Waals surface area (Å²) in [4.78, 5) is 8.17. The van der Waals surface area contributed by atoms with Crippen molar-refractivity contribution in [3.05, 3.63) is 18.7 Å². The molecule has 4 heteroatoms. The summed E-state index contributed by atoms with van der Waals surface area (Å²) < 4.78 is 0. The van der Waals surface area contributed by atoms with Crippen LogP contribution < -0.4 is 0 Å². The third-order valence-corrected chi connectivity index (χ3v) is 0.362. The van der Waals surface area contributed by atoms with Gasteiger partial charge in [-0.2, -0.15) is 0 Å². The molecule has 0 saturated carbocycles. The van der Waals surface area contributed by atoms with Gasteiger partial charge in [0.1, 0.15) is 0 Å². The van der Waals surface area contributed by atoms with Crippen molar-refractivity contribution in [3.63, 3.8) is 0 Å². The van der Waals surface area contributed by atoms with E-state index >= 15 is 0 Å². The first-order chi connectivity index (χ1) is 4.23. The normalized spacial score (nSPS) is 7.60. The molecule has 0 unspecified atom stereocenters. The predicted molar refractivity (Wildman–Crippen MR) is 37.0 cm³/mol. The van der Waals surface area contributed by atoms with Gasteiger partial charge in [0, 0.05) is 26.2 Å². The van der Waals surface area contributed by atoms with E-state index in [-0.39, 0.29) is 26.2 Å². The van der Waals surface area contributed by atoms with Gasteiger partial charge in [0.2, 0.25) is 0 Å². The number of imidazole rings is 1. The number of nitrogens with one attached hydrogen (secondary N) is 1. The van der Waals surface area contributed by atoms with Crippen LogP contribution in [0, 0.1) is 6.33 Å². The molecule has 3 nitrogen and oxygen atoms in total. The van der Waals surface area contributed by atoms with Gasteiger partial charge in [0.15, 0.2) is 0 Å². The van der Waals surface area contributed by atoms with Crippen molar-refractivity contribution in [3.8, 4) is 0 Å². The molecule has 0 atom stereocenters. The summed E-state index contributed by atoms with van der Waals surface area (Å²) in [6, 6.07) is 0. The molecule has 1 heterocycles. The summed E-state index contributed by atoms with van der Waals surface area (Å²) in [6.07, 6.45) is 5.83. The van der Waals surface area contributed by atoms with Crippen molar-refractivity contribution in [1.82, 2.24) is 14.9 Å². The molecular formula is C6H12N3Zr-. The number of H-pyrrole nitrogens is 1. The first-order valence-electron chi connectivity index (χ1n) is 2.70. The molecule has 1 aromatic heterocycles. The van der Waals surface area contributed by atoms with E-state index in [2.05, 4.69) is 16.3 Å². The van der Waals surface area contributed by atoms with Gasteiger partial charge < -0.3 is 14.9 Å². The summed E-state index contributed by atoms with van der Waals surface area (Å²) in [7, 11) is 6.00. The molecule has 0 saturated heterocycles. The first kappa shape index (κ1) is 12.7. The third kappa shape index (κ3) is 15.7. The van der Waals surface area contributed by atoms with Crippen LogP contribution in [-0.2, 0) is 26.2 Å². The minimum Gasteiger partial charge on any atom is -0.467 e. The number of aromatic amines is 1. The van der Waals surface area contributed by atoms with Crippen molar-refractivity contribution in [1.29, 1.82) is 0 Å². The van der Waals surface area contributed by atoms with Crippen LogP contribution in [-0.4, -0.2) is 36.0 Å². The van der Waals surface area contributed by atoms with E-state index in [9.17, 15) is 0 Å². The average Bonchev–Trinajstić information content (AvgIpc) is 2.11. The Kier molecular flexibility index (Phi) is 11.5. The molecule has 0 spiro atoms. The maximum absolute atomic E-state index is 3.54. The number of rotatable bonds is 0. The fourth-order valence-corrected chi connectivity index (χ4v) is 0.186. The van der Waals surface area contributed by atoms with E-state index in [1.54, 1.807) is 12.4 Å². The molecule has 1 aromatic rings. The van der Waals surface area contributed by atoms with Crippen molar-refractivity contribution < 1.29 is 26.2 Å². The van der Waals surface area contributed by atoms with E-state index in [1.165, 1.54) is 0 Å². The molecule has 0 aliphatic rings. The minimum atomic E-state index is 0. The van der Waals surface area contributed by atoms with Gasteiger partial charge in [0.25, 0.3) is 0 Å². The largest absolute Gasteiger partial charge is 0.467 e. The molecule has 0 aliphatic heterocycles. The van der Waals surface area contributed by atoms with Crippen LogP contribution in [0.25, 0.3) is 0 Å². The van der Waals surface area contributed by atoms with Crippen LogP contribution in [0.5, 0.6) is 0 Å². The van der Waals surface area contributed by atoms with Crippen molar-refractivity contribution in [2.24, 2.45) is 0 Å². The Balaban J connectivity index is 0. The van der Waals surface area contributed by atoms with Crippen LogP contribution in [0.3, 0.4) is 0 Å². The standard InChI is InChI=1S/C3H3N2.C3H9N.Zr/c1-2-5-3-4-1;1-4(2)3;/h1-2H,(H,4,5);1-3H3;/q-1;;. The number of aromatic nitrogens is 2. The quantitative estimate of drug-likeness (QED) is 0.637. The molecule has 0 aliphatic carbocycles. The topological polar surface area (TPSA) is 31.9 Å². The van der Waals surface area contributed by atoms with E-state index in [0.717, 1.165) is 0 Å². The molecule has 1 rings (SSSR count). The second-order valence-corrected chi connectivity index (χ2v) is 2.04. The summed E-state index contributed by atoms with van der Waals surface area (Å²) in [6.45, 7) is 0. The SMILES string of the molecule is CN(C)C.[Zr].[c-]1ncc[nH]1. The fourth-order valence-electron chi connectivity index (χ4n) is 0.186. The van der Waals surface area contributed by atoms with Crippen molar-refractivity contribution in [2.45, 2.75) is 0 Å². The molecule has 0 aromatic carbocycles. The Hall–Kier alpha value is 0.0531. The summed E-state index contributed by atoms with van der Waals surface area (Å²) >= 11 is 0. The molecule has 0 amide bonds. The summed E-state index contributed by atoms with van der Waals surface area (Å²) in [5.74, 6) is 0. The smallest absolute Gasteiger partial charge is 0 e. The maximum Gasteiger partial charge on any atom is 0 e. The number of hydrogen-bond acceptors (Lipinski definition) is 2. The van der Waals surface area contributed by atoms with Crippen LogP contribution in [0.1, 0.15) is 0 Å². The predicted octanol–water partition coefficient (Wildman–Crippen LogP) is 0.385. The Labute approximate surface area is 81.0 Å². The Morgan fingerprint density at radius 1 is 1.40 bits per heavy atom. The molecule has 0 fully saturated rings. The molecule has 0 radical (unpaired) electrons. The van der Waals surface area contributed by atoms with E-state index in [1.807, 2.05) is 26.0 Å². The van der Waals surface area contributed by atoms with Crippen LogP contribution in [0.15, 0.2) is 12.4 Å². The van der Waals surface area contributed by atoms with Gasteiger partial charge in [-0.25, -0.2) is 0 Å². The van der Waals surface area contributed by atoms with Crippen molar-refractivity contribution in [2.75, 3.05) is 21.1 Å². The first-order valence-corrected chi connectivity index (χ1v) is 2.70. The van der Waals surface area contributed by atoms with Gasteiger partial charge >= 0.3 is 0 Å². The molecule has 10 heavy (non-hydrogen) atoms. The van der Waals surface area contributed by atoms with Gasteiger partial charge in [0.05, 0.1) is 0 Å². The maximum atomic E-state index is 3.54. The Morgan fingerprint density at radius 2 is 1.90 bits per heavy atom. The molecule has 0 bridgehead atoms. The van der Waals surface area contributed by atoms with E-state index in [4.69, 9.17) is 0 Å². The fraction of sp³-hybridized carbons (Fsp3) is 0.500. The Bertz CT molecular complexity index is 96.6. The Morgan fingerprint density at radius 3 is 2.00 bits per heavy atom. The second-order valence-electron chi connectivity index (χ2n) is 2.04. The summed E-state index contributed by atoms with van der Waals surface area (Å²) in [5, 5.41) is 0. The molecule has 1 N–H and O–H groups in total. The van der Waals surface area contributed by atoms with Gasteiger partial charge in [-0.1, -0.05) is 0 Å². The third-order valence-electron chi connectivity index (χ3n) is 0.362. The summed E-state index contributed by atoms with van der Waals surface area (Å²) in [5.41, 5.74) is 0. The van der Waals surface area contributed by atoms with Gasteiger partial charge in [-0.15, -0.1) is 12.4 Å². The zero-order chi connectivity index (χ0) is 7.11. The van der Waals surface area contributed by atoms with E-state index in [0.29, 0.717) is 0 Å². The number of hydrogen-bond donors (Lipinski definition) is 1. The van der Waals surface area contributed by atoms with Crippen LogP contribution in [0.2, 0.25) is 0 Å². The van der Waals surface area contributed by atoms with Gasteiger partial charge in [-0.3, -0.25) is 0 Å². The zero-order valence-electron chi connectivity index (χ0n) is 6.55. The minimum absolute atomic E-state index is 0. The second kappa shape index (κ2) is 9.05. The average molecular weight is 217 g/mol. The number of nitrogens with zero attached hydrogens (tertiary/aromatic N) is 2.